The van der Waals surface area contributed by atoms with E-state index in [2.05, 4.69) is 9.97 Å². The van der Waals surface area contributed by atoms with Crippen LogP contribution in [0.1, 0.15) is 18.9 Å². The number of H-pyrrole nitrogens is 1. The van der Waals surface area contributed by atoms with Crippen molar-refractivity contribution in [3.05, 3.63) is 22.7 Å². The zero-order valence-electron chi connectivity index (χ0n) is 6.50. The van der Waals surface area contributed by atoms with Crippen LogP contribution >= 0.6 is 12.2 Å². The van der Waals surface area contributed by atoms with E-state index in [0.29, 0.717) is 4.64 Å². The molecular weight excluding hydrogens is 160 g/mol. The fraction of sp³-hybridized carbons (Fsp3) is 0.429. The van der Waals surface area contributed by atoms with Gasteiger partial charge in [-0.25, -0.2) is 4.98 Å². The highest BCUT2D eigenvalue weighted by atomic mass is 32.1. The minimum atomic E-state index is -0.0297. The second kappa shape index (κ2) is 3.59. The van der Waals surface area contributed by atoms with Gasteiger partial charge < -0.3 is 9.72 Å². The minimum absolute atomic E-state index is 0.0297. The predicted molar refractivity (Wildman–Crippen MR) is 44.8 cm³/mol. The second-order valence-electron chi connectivity index (χ2n) is 2.20. The molecule has 1 aromatic heterocycles. The highest BCUT2D eigenvalue weighted by Gasteiger charge is 2.03. The number of hydrogen-bond donors (Lipinski definition) is 1. The van der Waals surface area contributed by atoms with E-state index in [-0.39, 0.29) is 6.10 Å². The van der Waals surface area contributed by atoms with Crippen LogP contribution in [-0.2, 0) is 4.74 Å². The zero-order chi connectivity index (χ0) is 8.27. The molecule has 60 valence electrons. The molecule has 0 aliphatic rings. The topological polar surface area (TPSA) is 37.9 Å². The summed E-state index contributed by atoms with van der Waals surface area (Å²) in [6.07, 6.45) is 1.64. The molecule has 0 aliphatic heterocycles. The zero-order valence-corrected chi connectivity index (χ0v) is 7.31. The second-order valence-corrected chi connectivity index (χ2v) is 2.64. The molecule has 1 N–H and O–H groups in total. The van der Waals surface area contributed by atoms with Crippen molar-refractivity contribution in [1.29, 1.82) is 0 Å². The molecule has 1 aromatic rings. The van der Waals surface area contributed by atoms with Crippen LogP contribution in [0.25, 0.3) is 0 Å². The lowest BCUT2D eigenvalue weighted by Crippen LogP contribution is -2.01. The molecule has 1 atom stereocenters. The Morgan fingerprint density at radius 1 is 1.73 bits per heavy atom. The van der Waals surface area contributed by atoms with Crippen molar-refractivity contribution in [1.82, 2.24) is 9.97 Å². The first kappa shape index (κ1) is 8.36. The van der Waals surface area contributed by atoms with Crippen LogP contribution in [0.3, 0.4) is 0 Å². The molecule has 0 radical (unpaired) electrons. The first-order valence-electron chi connectivity index (χ1n) is 3.32. The molecule has 0 spiro atoms. The van der Waals surface area contributed by atoms with Crippen LogP contribution in [0.2, 0.25) is 0 Å². The SMILES string of the molecule is COC(C)c1nccc(=S)[nH]1. The average Bonchev–Trinajstić information content (AvgIpc) is 2.03. The molecule has 1 unspecified atom stereocenters. The van der Waals surface area contributed by atoms with E-state index in [9.17, 15) is 0 Å². The van der Waals surface area contributed by atoms with E-state index in [1.807, 2.05) is 6.92 Å². The molecule has 0 saturated carbocycles. The van der Waals surface area contributed by atoms with Crippen molar-refractivity contribution in [2.75, 3.05) is 7.11 Å². The van der Waals surface area contributed by atoms with Gasteiger partial charge in [0.1, 0.15) is 16.6 Å². The van der Waals surface area contributed by atoms with Crippen molar-refractivity contribution in [3.8, 4) is 0 Å². The van der Waals surface area contributed by atoms with Crippen LogP contribution in [0.15, 0.2) is 12.3 Å². The number of hydrogen-bond acceptors (Lipinski definition) is 3. The number of nitrogens with zero attached hydrogens (tertiary/aromatic N) is 1. The van der Waals surface area contributed by atoms with Gasteiger partial charge in [0.2, 0.25) is 0 Å². The van der Waals surface area contributed by atoms with Gasteiger partial charge in [-0.15, -0.1) is 0 Å². The summed E-state index contributed by atoms with van der Waals surface area (Å²) in [6.45, 7) is 1.91. The molecule has 0 aromatic carbocycles. The molecule has 0 bridgehead atoms. The molecule has 4 heteroatoms. The standard InChI is InChI=1S/C7H10N2OS/c1-5(10-2)7-8-4-3-6(11)9-7/h3-5H,1-2H3,(H,8,9,11). The van der Waals surface area contributed by atoms with Gasteiger partial charge in [0.15, 0.2) is 0 Å². The van der Waals surface area contributed by atoms with Crippen LogP contribution in [0.5, 0.6) is 0 Å². The smallest absolute Gasteiger partial charge is 0.135 e. The Kier molecular flexibility index (Phi) is 2.73. The number of ether oxygens (including phenoxy) is 1. The van der Waals surface area contributed by atoms with E-state index in [4.69, 9.17) is 17.0 Å². The maximum Gasteiger partial charge on any atom is 0.135 e. The van der Waals surface area contributed by atoms with Gasteiger partial charge in [0.25, 0.3) is 0 Å². The highest BCUT2D eigenvalue weighted by molar-refractivity contribution is 7.71. The average molecular weight is 170 g/mol. The Labute approximate surface area is 70.4 Å². The summed E-state index contributed by atoms with van der Waals surface area (Å²) < 4.78 is 5.73. The Hall–Kier alpha value is -0.740. The Morgan fingerprint density at radius 3 is 3.00 bits per heavy atom. The highest BCUT2D eigenvalue weighted by Crippen LogP contribution is 2.08. The third kappa shape index (κ3) is 2.10. The maximum atomic E-state index is 5.05. The summed E-state index contributed by atoms with van der Waals surface area (Å²) in [5.74, 6) is 0.764. The Balaban J connectivity index is 2.96. The number of nitrogens with one attached hydrogen (secondary N) is 1. The van der Waals surface area contributed by atoms with Gasteiger partial charge in [-0.05, 0) is 13.0 Å². The van der Waals surface area contributed by atoms with Gasteiger partial charge in [-0.2, -0.15) is 0 Å². The summed E-state index contributed by atoms with van der Waals surface area (Å²) in [5.41, 5.74) is 0. The van der Waals surface area contributed by atoms with Crippen LogP contribution < -0.4 is 0 Å². The van der Waals surface area contributed by atoms with E-state index in [1.54, 1.807) is 19.4 Å². The monoisotopic (exact) mass is 170 g/mol. The molecule has 0 saturated heterocycles. The van der Waals surface area contributed by atoms with Crippen LogP contribution in [0.4, 0.5) is 0 Å². The molecule has 0 amide bonds. The summed E-state index contributed by atoms with van der Waals surface area (Å²) in [7, 11) is 1.64. The number of methoxy groups -OCH3 is 1. The maximum absolute atomic E-state index is 5.05. The Morgan fingerprint density at radius 2 is 2.45 bits per heavy atom. The van der Waals surface area contributed by atoms with Crippen LogP contribution in [0, 0.1) is 4.64 Å². The van der Waals surface area contributed by atoms with Gasteiger partial charge in [0.05, 0.1) is 0 Å². The number of aromatic amines is 1. The molecular formula is C7H10N2OS. The van der Waals surface area contributed by atoms with Crippen molar-refractivity contribution in [2.24, 2.45) is 0 Å². The molecule has 1 rings (SSSR count). The largest absolute Gasteiger partial charge is 0.374 e. The van der Waals surface area contributed by atoms with Crippen LogP contribution in [-0.4, -0.2) is 17.1 Å². The lowest BCUT2D eigenvalue weighted by molar-refractivity contribution is 0.112. The molecule has 0 aliphatic carbocycles. The third-order valence-electron chi connectivity index (χ3n) is 1.43. The Bertz CT molecular complexity index is 284. The fourth-order valence-corrected chi connectivity index (χ4v) is 0.869. The summed E-state index contributed by atoms with van der Waals surface area (Å²) >= 11 is 4.92. The van der Waals surface area contributed by atoms with E-state index < -0.39 is 0 Å². The predicted octanol–water partition coefficient (Wildman–Crippen LogP) is 1.85. The van der Waals surface area contributed by atoms with Crippen molar-refractivity contribution >= 4 is 12.2 Å². The van der Waals surface area contributed by atoms with Gasteiger partial charge in [0, 0.05) is 13.3 Å². The number of rotatable bonds is 2. The van der Waals surface area contributed by atoms with Gasteiger partial charge in [-0.3, -0.25) is 0 Å². The van der Waals surface area contributed by atoms with E-state index in [1.165, 1.54) is 0 Å². The first-order valence-corrected chi connectivity index (χ1v) is 3.73. The number of aromatic nitrogens is 2. The molecule has 0 fully saturated rings. The summed E-state index contributed by atoms with van der Waals surface area (Å²) in [5, 5.41) is 0. The molecule has 1 heterocycles. The summed E-state index contributed by atoms with van der Waals surface area (Å²) in [4.78, 5) is 7.00. The van der Waals surface area contributed by atoms with E-state index >= 15 is 0 Å². The van der Waals surface area contributed by atoms with Gasteiger partial charge >= 0.3 is 0 Å². The van der Waals surface area contributed by atoms with Gasteiger partial charge in [-0.1, -0.05) is 12.2 Å². The molecule has 11 heavy (non-hydrogen) atoms. The quantitative estimate of drug-likeness (QED) is 0.688. The third-order valence-corrected chi connectivity index (χ3v) is 1.67. The molecule has 3 nitrogen and oxygen atoms in total. The van der Waals surface area contributed by atoms with Crippen molar-refractivity contribution < 1.29 is 4.74 Å². The van der Waals surface area contributed by atoms with Crippen molar-refractivity contribution in [3.63, 3.8) is 0 Å². The minimum Gasteiger partial charge on any atom is -0.374 e. The summed E-state index contributed by atoms with van der Waals surface area (Å²) in [6, 6.07) is 1.74. The van der Waals surface area contributed by atoms with Crippen molar-refractivity contribution in [2.45, 2.75) is 13.0 Å². The lowest BCUT2D eigenvalue weighted by atomic mass is 10.4. The normalized spacial score (nSPS) is 12.9. The first-order chi connectivity index (χ1) is 5.24. The fourth-order valence-electron chi connectivity index (χ4n) is 0.704. The lowest BCUT2D eigenvalue weighted by Gasteiger charge is -2.06. The van der Waals surface area contributed by atoms with E-state index in [0.717, 1.165) is 5.82 Å².